The smallest absolute Gasteiger partial charge is 0.303 e. The van der Waals surface area contributed by atoms with Crippen LogP contribution in [0.25, 0.3) is 0 Å². The van der Waals surface area contributed by atoms with Crippen LogP contribution in [0.4, 0.5) is 0 Å². The van der Waals surface area contributed by atoms with Crippen LogP contribution in [0.2, 0.25) is 5.02 Å². The summed E-state index contributed by atoms with van der Waals surface area (Å²) in [5.41, 5.74) is 0.976. The topological polar surface area (TPSA) is 37.3 Å². The maximum absolute atomic E-state index is 10.4. The highest BCUT2D eigenvalue weighted by Gasteiger charge is 2.02. The van der Waals surface area contributed by atoms with E-state index >= 15 is 0 Å². The van der Waals surface area contributed by atoms with Crippen molar-refractivity contribution in [2.45, 2.75) is 17.7 Å². The fraction of sp³-hybridized carbons (Fsp3) is 0.300. The van der Waals surface area contributed by atoms with E-state index in [1.807, 2.05) is 24.5 Å². The van der Waals surface area contributed by atoms with Gasteiger partial charge in [-0.15, -0.1) is 11.8 Å². The molecule has 1 aromatic carbocycles. The minimum atomic E-state index is -0.782. The zero-order valence-electron chi connectivity index (χ0n) is 7.79. The number of benzene rings is 1. The summed E-state index contributed by atoms with van der Waals surface area (Å²) in [6.07, 6.45) is 2.64. The van der Waals surface area contributed by atoms with Crippen LogP contribution in [0.15, 0.2) is 23.1 Å². The van der Waals surface area contributed by atoms with Gasteiger partial charge in [0.25, 0.3) is 0 Å². The van der Waals surface area contributed by atoms with Gasteiger partial charge in [0.2, 0.25) is 0 Å². The standard InChI is InChI=1S/C10H11ClO2S/c1-14-9-5-7(2-3-10(12)13)4-8(11)6-9/h4-6H,2-3H2,1H3,(H,12,13). The Balaban J connectivity index is 2.76. The molecule has 0 radical (unpaired) electrons. The summed E-state index contributed by atoms with van der Waals surface area (Å²) in [5.74, 6) is -0.782. The minimum absolute atomic E-state index is 0.147. The van der Waals surface area contributed by atoms with Crippen molar-refractivity contribution in [3.8, 4) is 0 Å². The lowest BCUT2D eigenvalue weighted by molar-refractivity contribution is -0.136. The van der Waals surface area contributed by atoms with Crippen LogP contribution in [-0.4, -0.2) is 17.3 Å². The molecule has 0 saturated heterocycles. The van der Waals surface area contributed by atoms with Gasteiger partial charge in [0.15, 0.2) is 0 Å². The van der Waals surface area contributed by atoms with Gasteiger partial charge in [0.05, 0.1) is 0 Å². The van der Waals surface area contributed by atoms with Gasteiger partial charge in [0, 0.05) is 16.3 Å². The van der Waals surface area contributed by atoms with E-state index in [9.17, 15) is 4.79 Å². The van der Waals surface area contributed by atoms with E-state index in [1.54, 1.807) is 11.8 Å². The van der Waals surface area contributed by atoms with Gasteiger partial charge in [-0.2, -0.15) is 0 Å². The quantitative estimate of drug-likeness (QED) is 0.808. The molecule has 0 aliphatic carbocycles. The Morgan fingerprint density at radius 3 is 2.79 bits per heavy atom. The normalized spacial score (nSPS) is 10.1. The number of halogens is 1. The monoisotopic (exact) mass is 230 g/mol. The van der Waals surface area contributed by atoms with E-state index in [-0.39, 0.29) is 6.42 Å². The largest absolute Gasteiger partial charge is 0.481 e. The molecule has 0 atom stereocenters. The van der Waals surface area contributed by atoms with Crippen LogP contribution in [0.3, 0.4) is 0 Å². The van der Waals surface area contributed by atoms with Gasteiger partial charge < -0.3 is 5.11 Å². The molecular formula is C10H11ClO2S. The summed E-state index contributed by atoms with van der Waals surface area (Å²) in [5, 5.41) is 9.20. The lowest BCUT2D eigenvalue weighted by Crippen LogP contribution is -1.97. The maximum Gasteiger partial charge on any atom is 0.303 e. The number of aryl methyl sites for hydroxylation is 1. The number of rotatable bonds is 4. The highest BCUT2D eigenvalue weighted by Crippen LogP contribution is 2.22. The van der Waals surface area contributed by atoms with Gasteiger partial charge in [-0.25, -0.2) is 0 Å². The SMILES string of the molecule is CSc1cc(Cl)cc(CCC(=O)O)c1. The van der Waals surface area contributed by atoms with Crippen LogP contribution in [0, 0.1) is 0 Å². The Morgan fingerprint density at radius 2 is 2.21 bits per heavy atom. The second-order valence-electron chi connectivity index (χ2n) is 2.89. The molecule has 0 aromatic heterocycles. The number of aliphatic carboxylic acids is 1. The van der Waals surface area contributed by atoms with E-state index in [0.29, 0.717) is 11.4 Å². The number of thioether (sulfide) groups is 1. The van der Waals surface area contributed by atoms with E-state index in [1.165, 1.54) is 0 Å². The summed E-state index contributed by atoms with van der Waals surface area (Å²) >= 11 is 7.48. The Bertz CT molecular complexity index is 339. The van der Waals surface area contributed by atoms with Crippen LogP contribution in [0.1, 0.15) is 12.0 Å². The van der Waals surface area contributed by atoms with Crippen molar-refractivity contribution in [2.75, 3.05) is 6.26 Å². The Hall–Kier alpha value is -0.670. The van der Waals surface area contributed by atoms with Crippen molar-refractivity contribution < 1.29 is 9.90 Å². The molecule has 0 fully saturated rings. The predicted octanol–water partition coefficient (Wildman–Crippen LogP) is 3.08. The molecule has 1 N–H and O–H groups in total. The molecule has 0 saturated carbocycles. The molecule has 76 valence electrons. The highest BCUT2D eigenvalue weighted by molar-refractivity contribution is 7.98. The fourth-order valence-electron chi connectivity index (χ4n) is 1.13. The molecule has 0 bridgehead atoms. The molecular weight excluding hydrogens is 220 g/mol. The molecule has 1 aromatic rings. The van der Waals surface area contributed by atoms with Crippen LogP contribution in [-0.2, 0) is 11.2 Å². The van der Waals surface area contributed by atoms with Crippen molar-refractivity contribution in [1.29, 1.82) is 0 Å². The number of hydrogen-bond acceptors (Lipinski definition) is 2. The van der Waals surface area contributed by atoms with Crippen molar-refractivity contribution in [2.24, 2.45) is 0 Å². The zero-order chi connectivity index (χ0) is 10.6. The first kappa shape index (κ1) is 11.4. The first-order valence-corrected chi connectivity index (χ1v) is 5.77. The average molecular weight is 231 g/mol. The molecule has 1 rings (SSSR count). The molecule has 4 heteroatoms. The number of carboxylic acids is 1. The van der Waals surface area contributed by atoms with Gasteiger partial charge in [-0.1, -0.05) is 11.6 Å². The molecule has 0 aliphatic rings. The summed E-state index contributed by atoms with van der Waals surface area (Å²) in [7, 11) is 0. The second-order valence-corrected chi connectivity index (χ2v) is 4.21. The Kier molecular flexibility index (Phi) is 4.29. The lowest BCUT2D eigenvalue weighted by Gasteiger charge is -2.03. The Morgan fingerprint density at radius 1 is 1.50 bits per heavy atom. The maximum atomic E-state index is 10.4. The first-order valence-electron chi connectivity index (χ1n) is 4.17. The number of hydrogen-bond donors (Lipinski definition) is 1. The van der Waals surface area contributed by atoms with E-state index < -0.39 is 5.97 Å². The molecule has 0 spiro atoms. The van der Waals surface area contributed by atoms with Crippen LogP contribution >= 0.6 is 23.4 Å². The van der Waals surface area contributed by atoms with Crippen molar-refractivity contribution in [3.05, 3.63) is 28.8 Å². The number of carboxylic acid groups (broad SMARTS) is 1. The van der Waals surface area contributed by atoms with Crippen LogP contribution < -0.4 is 0 Å². The van der Waals surface area contributed by atoms with Crippen molar-refractivity contribution in [3.63, 3.8) is 0 Å². The van der Waals surface area contributed by atoms with E-state index in [0.717, 1.165) is 10.5 Å². The molecule has 0 aliphatic heterocycles. The lowest BCUT2D eigenvalue weighted by atomic mass is 10.1. The fourth-order valence-corrected chi connectivity index (χ4v) is 1.97. The molecule has 0 unspecified atom stereocenters. The molecule has 0 heterocycles. The third-order valence-electron chi connectivity index (χ3n) is 1.79. The first-order chi connectivity index (χ1) is 6.61. The van der Waals surface area contributed by atoms with Gasteiger partial charge in [0.1, 0.15) is 0 Å². The second kappa shape index (κ2) is 5.27. The summed E-state index contributed by atoms with van der Waals surface area (Å²) in [6.45, 7) is 0. The van der Waals surface area contributed by atoms with Gasteiger partial charge in [-0.3, -0.25) is 4.79 Å². The molecule has 14 heavy (non-hydrogen) atoms. The van der Waals surface area contributed by atoms with Gasteiger partial charge in [-0.05, 0) is 36.4 Å². The molecule has 2 nitrogen and oxygen atoms in total. The van der Waals surface area contributed by atoms with E-state index in [2.05, 4.69) is 0 Å². The minimum Gasteiger partial charge on any atom is -0.481 e. The summed E-state index contributed by atoms with van der Waals surface area (Å²) in [4.78, 5) is 11.4. The van der Waals surface area contributed by atoms with Crippen molar-refractivity contribution in [1.82, 2.24) is 0 Å². The summed E-state index contributed by atoms with van der Waals surface area (Å²) in [6, 6.07) is 5.65. The third-order valence-corrected chi connectivity index (χ3v) is 2.72. The molecule has 0 amide bonds. The zero-order valence-corrected chi connectivity index (χ0v) is 9.36. The van der Waals surface area contributed by atoms with Gasteiger partial charge >= 0.3 is 5.97 Å². The Labute approximate surface area is 92.3 Å². The number of carbonyl (C=O) groups is 1. The van der Waals surface area contributed by atoms with Crippen molar-refractivity contribution >= 4 is 29.3 Å². The van der Waals surface area contributed by atoms with E-state index in [4.69, 9.17) is 16.7 Å². The highest BCUT2D eigenvalue weighted by atomic mass is 35.5. The third kappa shape index (κ3) is 3.60. The summed E-state index contributed by atoms with van der Waals surface area (Å²) < 4.78 is 0. The predicted molar refractivity (Wildman–Crippen MR) is 59.2 cm³/mol. The average Bonchev–Trinajstić information content (AvgIpc) is 2.14. The van der Waals surface area contributed by atoms with Crippen LogP contribution in [0.5, 0.6) is 0 Å².